The van der Waals surface area contributed by atoms with Crippen molar-refractivity contribution in [3.8, 4) is 0 Å². The van der Waals surface area contributed by atoms with Crippen LogP contribution in [0.1, 0.15) is 18.4 Å². The molecule has 0 aliphatic rings. The molecule has 0 saturated heterocycles. The molecule has 0 saturated carbocycles. The van der Waals surface area contributed by atoms with Gasteiger partial charge in [0.15, 0.2) is 0 Å². The average Bonchev–Trinajstić information content (AvgIpc) is 2.37. The van der Waals surface area contributed by atoms with Gasteiger partial charge in [-0.1, -0.05) is 42.5 Å². The van der Waals surface area contributed by atoms with E-state index in [0.717, 1.165) is 10.9 Å². The number of benzene rings is 2. The number of fused-ring (bicyclic) bond motifs is 1. The van der Waals surface area contributed by atoms with Crippen molar-refractivity contribution >= 4 is 16.6 Å². The smallest absolute Gasteiger partial charge is 0.137 e. The summed E-state index contributed by atoms with van der Waals surface area (Å²) in [4.78, 5) is 11.7. The Morgan fingerprint density at radius 3 is 2.65 bits per heavy atom. The number of carbonyl (C=O) groups is 1. The highest BCUT2D eigenvalue weighted by molar-refractivity contribution is 5.90. The zero-order valence-corrected chi connectivity index (χ0v) is 9.73. The van der Waals surface area contributed by atoms with Crippen LogP contribution in [0.25, 0.3) is 10.8 Å². The third-order valence-electron chi connectivity index (χ3n) is 2.88. The third kappa shape index (κ3) is 2.92. The molecule has 17 heavy (non-hydrogen) atoms. The number of hydrogen-bond acceptors (Lipinski definition) is 2. The van der Waals surface area contributed by atoms with Crippen LogP contribution >= 0.6 is 0 Å². The predicted octanol–water partition coefficient (Wildman–Crippen LogP) is 2.72. The largest absolute Gasteiger partial charge is 0.396 e. The lowest BCUT2D eigenvalue weighted by Gasteiger charge is -2.05. The number of rotatable bonds is 5. The quantitative estimate of drug-likeness (QED) is 0.854. The minimum Gasteiger partial charge on any atom is -0.396 e. The Hall–Kier alpha value is -1.67. The summed E-state index contributed by atoms with van der Waals surface area (Å²) in [5, 5.41) is 11.0. The van der Waals surface area contributed by atoms with Gasteiger partial charge in [0.25, 0.3) is 0 Å². The summed E-state index contributed by atoms with van der Waals surface area (Å²) in [6.45, 7) is 0.0846. The van der Waals surface area contributed by atoms with E-state index in [-0.39, 0.29) is 12.4 Å². The molecule has 0 fully saturated rings. The predicted molar refractivity (Wildman–Crippen MR) is 69.0 cm³/mol. The van der Waals surface area contributed by atoms with Crippen LogP contribution in [0.4, 0.5) is 0 Å². The first-order chi connectivity index (χ1) is 8.31. The van der Waals surface area contributed by atoms with Crippen LogP contribution < -0.4 is 0 Å². The SMILES string of the molecule is O=C(CCCO)Cc1cccc2ccccc12. The fraction of sp³-hybridized carbons (Fsp3) is 0.267. The maximum Gasteiger partial charge on any atom is 0.137 e. The second kappa shape index (κ2) is 5.60. The van der Waals surface area contributed by atoms with Gasteiger partial charge in [0.1, 0.15) is 5.78 Å². The Labute approximate surface area is 101 Å². The van der Waals surface area contributed by atoms with Gasteiger partial charge in [-0.05, 0) is 22.8 Å². The number of aliphatic hydroxyl groups excluding tert-OH is 1. The Morgan fingerprint density at radius 2 is 1.82 bits per heavy atom. The molecule has 2 heteroatoms. The molecule has 2 nitrogen and oxygen atoms in total. The van der Waals surface area contributed by atoms with Crippen molar-refractivity contribution in [1.82, 2.24) is 0 Å². The Bertz CT molecular complexity index is 512. The summed E-state index contributed by atoms with van der Waals surface area (Å²) in [6.07, 6.45) is 1.48. The topological polar surface area (TPSA) is 37.3 Å². The normalized spacial score (nSPS) is 10.6. The van der Waals surface area contributed by atoms with E-state index in [1.54, 1.807) is 0 Å². The summed E-state index contributed by atoms with van der Waals surface area (Å²) in [5.41, 5.74) is 1.08. The van der Waals surface area contributed by atoms with Crippen LogP contribution in [-0.4, -0.2) is 17.5 Å². The lowest BCUT2D eigenvalue weighted by atomic mass is 9.99. The lowest BCUT2D eigenvalue weighted by molar-refractivity contribution is -0.118. The molecule has 0 aliphatic carbocycles. The molecule has 2 aromatic carbocycles. The van der Waals surface area contributed by atoms with Crippen molar-refractivity contribution in [1.29, 1.82) is 0 Å². The van der Waals surface area contributed by atoms with Gasteiger partial charge >= 0.3 is 0 Å². The minimum atomic E-state index is 0.0846. The molecule has 0 radical (unpaired) electrons. The molecule has 2 aromatic rings. The second-order valence-corrected chi connectivity index (χ2v) is 4.18. The van der Waals surface area contributed by atoms with Gasteiger partial charge in [-0.3, -0.25) is 4.79 Å². The van der Waals surface area contributed by atoms with Crippen LogP contribution in [0.2, 0.25) is 0 Å². The minimum absolute atomic E-state index is 0.0846. The first kappa shape index (κ1) is 11.8. The molecule has 2 rings (SSSR count). The standard InChI is InChI=1S/C15H16O2/c16-10-4-8-14(17)11-13-7-3-6-12-5-1-2-9-15(12)13/h1-3,5-7,9,16H,4,8,10-11H2. The summed E-state index contributed by atoms with van der Waals surface area (Å²) in [7, 11) is 0. The summed E-state index contributed by atoms with van der Waals surface area (Å²) in [5.74, 6) is 0.190. The van der Waals surface area contributed by atoms with Gasteiger partial charge in [-0.15, -0.1) is 0 Å². The maximum absolute atomic E-state index is 11.7. The maximum atomic E-state index is 11.7. The Balaban J connectivity index is 2.21. The summed E-state index contributed by atoms with van der Waals surface area (Å²) < 4.78 is 0. The molecule has 0 unspecified atom stereocenters. The molecule has 0 aliphatic heterocycles. The number of carbonyl (C=O) groups excluding carboxylic acids is 1. The molecular weight excluding hydrogens is 212 g/mol. The fourth-order valence-electron chi connectivity index (χ4n) is 2.02. The molecule has 0 heterocycles. The summed E-state index contributed by atoms with van der Waals surface area (Å²) in [6, 6.07) is 14.1. The van der Waals surface area contributed by atoms with Crippen molar-refractivity contribution in [2.24, 2.45) is 0 Å². The van der Waals surface area contributed by atoms with E-state index in [4.69, 9.17) is 5.11 Å². The molecule has 0 amide bonds. The highest BCUT2D eigenvalue weighted by atomic mass is 16.3. The first-order valence-corrected chi connectivity index (χ1v) is 5.90. The van der Waals surface area contributed by atoms with Crippen molar-refractivity contribution in [2.75, 3.05) is 6.61 Å². The molecular formula is C15H16O2. The van der Waals surface area contributed by atoms with Crippen molar-refractivity contribution < 1.29 is 9.90 Å². The third-order valence-corrected chi connectivity index (χ3v) is 2.88. The van der Waals surface area contributed by atoms with E-state index in [1.807, 2.05) is 30.3 Å². The van der Waals surface area contributed by atoms with Crippen LogP contribution in [0.3, 0.4) is 0 Å². The van der Waals surface area contributed by atoms with Crippen LogP contribution in [0.5, 0.6) is 0 Å². The van der Waals surface area contributed by atoms with Crippen molar-refractivity contribution in [3.05, 3.63) is 48.0 Å². The molecule has 0 aromatic heterocycles. The molecule has 0 spiro atoms. The van der Waals surface area contributed by atoms with Crippen LogP contribution in [0, 0.1) is 0 Å². The van der Waals surface area contributed by atoms with Gasteiger partial charge in [0.05, 0.1) is 0 Å². The number of ketones is 1. The van der Waals surface area contributed by atoms with Gasteiger partial charge in [0, 0.05) is 19.4 Å². The van der Waals surface area contributed by atoms with E-state index < -0.39 is 0 Å². The van der Waals surface area contributed by atoms with Gasteiger partial charge in [0.2, 0.25) is 0 Å². The lowest BCUT2D eigenvalue weighted by Crippen LogP contribution is -2.04. The highest BCUT2D eigenvalue weighted by Crippen LogP contribution is 2.19. The molecule has 88 valence electrons. The van der Waals surface area contributed by atoms with Gasteiger partial charge in [-0.25, -0.2) is 0 Å². The van der Waals surface area contributed by atoms with E-state index in [1.165, 1.54) is 5.39 Å². The first-order valence-electron chi connectivity index (χ1n) is 5.90. The average molecular weight is 228 g/mol. The monoisotopic (exact) mass is 228 g/mol. The molecule has 0 atom stereocenters. The fourth-order valence-corrected chi connectivity index (χ4v) is 2.02. The van der Waals surface area contributed by atoms with E-state index in [2.05, 4.69) is 12.1 Å². The Morgan fingerprint density at radius 1 is 1.06 bits per heavy atom. The number of hydrogen-bond donors (Lipinski definition) is 1. The van der Waals surface area contributed by atoms with Crippen LogP contribution in [-0.2, 0) is 11.2 Å². The number of Topliss-reactive ketones (excluding diaryl/α,β-unsaturated/α-hetero) is 1. The highest BCUT2D eigenvalue weighted by Gasteiger charge is 2.06. The van der Waals surface area contributed by atoms with Gasteiger partial charge < -0.3 is 5.11 Å². The molecule has 1 N–H and O–H groups in total. The number of aliphatic hydroxyl groups is 1. The van der Waals surface area contributed by atoms with Crippen LogP contribution in [0.15, 0.2) is 42.5 Å². The molecule has 0 bridgehead atoms. The van der Waals surface area contributed by atoms with E-state index >= 15 is 0 Å². The van der Waals surface area contributed by atoms with Crippen molar-refractivity contribution in [3.63, 3.8) is 0 Å². The van der Waals surface area contributed by atoms with E-state index in [9.17, 15) is 4.79 Å². The van der Waals surface area contributed by atoms with Gasteiger partial charge in [-0.2, -0.15) is 0 Å². The van der Waals surface area contributed by atoms with E-state index in [0.29, 0.717) is 19.3 Å². The zero-order chi connectivity index (χ0) is 12.1. The second-order valence-electron chi connectivity index (χ2n) is 4.18. The Kier molecular flexibility index (Phi) is 3.89. The summed E-state index contributed by atoms with van der Waals surface area (Å²) >= 11 is 0. The van der Waals surface area contributed by atoms with Crippen molar-refractivity contribution in [2.45, 2.75) is 19.3 Å². The zero-order valence-electron chi connectivity index (χ0n) is 9.73.